The molecular weight excluding hydrogens is 286 g/mol. The van der Waals surface area contributed by atoms with Crippen molar-refractivity contribution in [3.8, 4) is 0 Å². The Hall–Kier alpha value is -1.34. The van der Waals surface area contributed by atoms with Gasteiger partial charge in [0.25, 0.3) is 0 Å². The number of hydrogen-bond acceptors (Lipinski definition) is 4. The second kappa shape index (κ2) is 7.28. The van der Waals surface area contributed by atoms with Crippen molar-refractivity contribution in [1.29, 1.82) is 0 Å². The Balaban J connectivity index is 2.05. The topological polar surface area (TPSA) is 111 Å². The van der Waals surface area contributed by atoms with E-state index in [1.54, 1.807) is 0 Å². The van der Waals surface area contributed by atoms with E-state index >= 15 is 0 Å². The van der Waals surface area contributed by atoms with E-state index in [-0.39, 0.29) is 11.9 Å². The summed E-state index contributed by atoms with van der Waals surface area (Å²) in [6, 6.07) is -0.0308. The lowest BCUT2D eigenvalue weighted by Crippen LogP contribution is -2.62. The number of rotatable bonds is 3. The van der Waals surface area contributed by atoms with E-state index in [0.29, 0.717) is 31.8 Å². The lowest BCUT2D eigenvalue weighted by Gasteiger charge is -2.37. The third kappa shape index (κ3) is 4.10. The summed E-state index contributed by atoms with van der Waals surface area (Å²) in [5.74, 6) is -0.298. The molecule has 1 aliphatic heterocycles. The van der Waals surface area contributed by atoms with Crippen molar-refractivity contribution < 1.29 is 19.8 Å². The number of aliphatic hydroxyl groups is 1. The summed E-state index contributed by atoms with van der Waals surface area (Å²) in [7, 11) is 0. The minimum atomic E-state index is -1.17. The molecule has 7 nitrogen and oxygen atoms in total. The Bertz CT molecular complexity index is 410. The summed E-state index contributed by atoms with van der Waals surface area (Å²) in [6.07, 6.45) is 3.44. The number of nitrogens with one attached hydrogen (secondary N) is 3. The molecule has 0 aromatic carbocycles. The highest BCUT2D eigenvalue weighted by molar-refractivity contribution is 5.90. The van der Waals surface area contributed by atoms with Crippen LogP contribution in [0.15, 0.2) is 0 Å². The molecule has 5 N–H and O–H groups in total. The molecule has 1 saturated heterocycles. The van der Waals surface area contributed by atoms with Crippen molar-refractivity contribution in [3.63, 3.8) is 0 Å². The second-order valence-electron chi connectivity index (χ2n) is 6.61. The van der Waals surface area contributed by atoms with Crippen LogP contribution in [0.1, 0.15) is 51.9 Å². The lowest BCUT2D eigenvalue weighted by molar-refractivity contribution is -0.130. The summed E-state index contributed by atoms with van der Waals surface area (Å²) >= 11 is 0. The van der Waals surface area contributed by atoms with Crippen molar-refractivity contribution in [3.05, 3.63) is 0 Å². The average molecular weight is 313 g/mol. The molecule has 0 spiro atoms. The van der Waals surface area contributed by atoms with E-state index in [2.05, 4.69) is 16.0 Å². The molecule has 0 aromatic rings. The Kier molecular flexibility index (Phi) is 5.63. The molecule has 0 bridgehead atoms. The number of β-amino-alcohol motifs (C(OH)–C–C–N with tert-alkyl or cyclic N) is 1. The quantitative estimate of drug-likeness (QED) is 0.523. The number of aliphatic hydroxyl groups excluding tert-OH is 1. The zero-order valence-electron chi connectivity index (χ0n) is 13.1. The maximum atomic E-state index is 12.7. The number of hydrogen-bond donors (Lipinski definition) is 5. The molecule has 0 radical (unpaired) electrons. The van der Waals surface area contributed by atoms with Crippen LogP contribution in [-0.2, 0) is 4.79 Å². The van der Waals surface area contributed by atoms with Crippen LogP contribution in [0.4, 0.5) is 4.79 Å². The summed E-state index contributed by atoms with van der Waals surface area (Å²) in [6.45, 7) is 2.48. The van der Waals surface area contributed by atoms with E-state index in [4.69, 9.17) is 5.11 Å². The van der Waals surface area contributed by atoms with Crippen molar-refractivity contribution >= 4 is 12.0 Å². The van der Waals surface area contributed by atoms with Crippen molar-refractivity contribution in [1.82, 2.24) is 16.0 Å². The van der Waals surface area contributed by atoms with E-state index in [1.807, 2.05) is 6.92 Å². The first kappa shape index (κ1) is 17.0. The predicted molar refractivity (Wildman–Crippen MR) is 81.6 cm³/mol. The fourth-order valence-electron chi connectivity index (χ4n) is 3.43. The molecule has 22 heavy (non-hydrogen) atoms. The lowest BCUT2D eigenvalue weighted by atomic mass is 9.80. The molecule has 1 heterocycles. The van der Waals surface area contributed by atoms with Crippen LogP contribution in [0.3, 0.4) is 0 Å². The van der Waals surface area contributed by atoms with Gasteiger partial charge in [-0.15, -0.1) is 0 Å². The van der Waals surface area contributed by atoms with Gasteiger partial charge in [-0.25, -0.2) is 4.79 Å². The zero-order valence-corrected chi connectivity index (χ0v) is 13.1. The first-order valence-corrected chi connectivity index (χ1v) is 8.16. The van der Waals surface area contributed by atoms with Gasteiger partial charge in [0.05, 0.1) is 12.1 Å². The predicted octanol–water partition coefficient (Wildman–Crippen LogP) is 0.575. The maximum Gasteiger partial charge on any atom is 0.405 e. The molecule has 2 aliphatic rings. The normalized spacial score (nSPS) is 31.8. The van der Waals surface area contributed by atoms with Crippen LogP contribution in [0.2, 0.25) is 0 Å². The van der Waals surface area contributed by atoms with Crippen LogP contribution in [0, 0.1) is 0 Å². The summed E-state index contributed by atoms with van der Waals surface area (Å²) in [5.41, 5.74) is -1.05. The van der Waals surface area contributed by atoms with Crippen molar-refractivity contribution in [2.45, 2.75) is 75.6 Å². The Labute approximate surface area is 130 Å². The molecule has 2 amide bonds. The van der Waals surface area contributed by atoms with E-state index in [1.165, 1.54) is 0 Å². The third-order valence-corrected chi connectivity index (χ3v) is 4.86. The number of amides is 2. The molecule has 7 heteroatoms. The van der Waals surface area contributed by atoms with Crippen LogP contribution in [-0.4, -0.2) is 52.5 Å². The van der Waals surface area contributed by atoms with Gasteiger partial charge < -0.3 is 26.2 Å². The Morgan fingerprint density at radius 3 is 2.50 bits per heavy atom. The zero-order chi connectivity index (χ0) is 16.2. The fraction of sp³-hybridized carbons (Fsp3) is 0.867. The molecule has 0 unspecified atom stereocenters. The molecular formula is C15H27N3O4. The minimum Gasteiger partial charge on any atom is -0.465 e. The third-order valence-electron chi connectivity index (χ3n) is 4.86. The van der Waals surface area contributed by atoms with Crippen LogP contribution >= 0.6 is 0 Å². The Morgan fingerprint density at radius 1 is 1.18 bits per heavy atom. The van der Waals surface area contributed by atoms with Gasteiger partial charge in [-0.2, -0.15) is 0 Å². The van der Waals surface area contributed by atoms with Gasteiger partial charge in [0.1, 0.15) is 5.54 Å². The number of carbonyl (C=O) groups is 2. The second-order valence-corrected chi connectivity index (χ2v) is 6.61. The highest BCUT2D eigenvalue weighted by Gasteiger charge is 2.42. The largest absolute Gasteiger partial charge is 0.465 e. The van der Waals surface area contributed by atoms with E-state index in [0.717, 1.165) is 25.7 Å². The van der Waals surface area contributed by atoms with Gasteiger partial charge in [-0.3, -0.25) is 4.79 Å². The molecule has 2 fully saturated rings. The van der Waals surface area contributed by atoms with Gasteiger partial charge in [0.15, 0.2) is 0 Å². The summed E-state index contributed by atoms with van der Waals surface area (Å²) < 4.78 is 0. The van der Waals surface area contributed by atoms with Gasteiger partial charge in [0.2, 0.25) is 5.91 Å². The molecule has 1 aliphatic carbocycles. The smallest absolute Gasteiger partial charge is 0.405 e. The van der Waals surface area contributed by atoms with Gasteiger partial charge in [-0.05, 0) is 32.6 Å². The van der Waals surface area contributed by atoms with Crippen LogP contribution in [0.25, 0.3) is 0 Å². The van der Waals surface area contributed by atoms with Crippen molar-refractivity contribution in [2.24, 2.45) is 0 Å². The molecule has 126 valence electrons. The summed E-state index contributed by atoms with van der Waals surface area (Å²) in [5, 5.41) is 27.8. The highest BCUT2D eigenvalue weighted by Crippen LogP contribution is 2.29. The van der Waals surface area contributed by atoms with Gasteiger partial charge >= 0.3 is 6.09 Å². The molecule has 3 atom stereocenters. The summed E-state index contributed by atoms with van der Waals surface area (Å²) in [4.78, 5) is 23.8. The van der Waals surface area contributed by atoms with Crippen LogP contribution < -0.4 is 16.0 Å². The molecule has 0 aromatic heterocycles. The Morgan fingerprint density at radius 2 is 1.86 bits per heavy atom. The standard InChI is InChI=1S/C15H27N3O4/c1-10-5-6-11(12(19)9-16-10)17-13(20)15(18-14(21)22)7-3-2-4-8-15/h10-12,16,18-19H,2-9H2,1H3,(H,17,20)(H,21,22)/t10-,11+,12+/m1/s1. The van der Waals surface area contributed by atoms with E-state index in [9.17, 15) is 14.7 Å². The van der Waals surface area contributed by atoms with Gasteiger partial charge in [0, 0.05) is 12.6 Å². The first-order valence-electron chi connectivity index (χ1n) is 8.16. The first-order chi connectivity index (χ1) is 10.4. The fourth-order valence-corrected chi connectivity index (χ4v) is 3.43. The average Bonchev–Trinajstić information content (AvgIpc) is 2.63. The number of carbonyl (C=O) groups excluding carboxylic acids is 1. The molecule has 1 saturated carbocycles. The van der Waals surface area contributed by atoms with Gasteiger partial charge in [-0.1, -0.05) is 19.3 Å². The van der Waals surface area contributed by atoms with E-state index < -0.39 is 17.7 Å². The minimum absolute atomic E-state index is 0.298. The maximum absolute atomic E-state index is 12.7. The molecule has 2 rings (SSSR count). The van der Waals surface area contributed by atoms with Crippen molar-refractivity contribution in [2.75, 3.05) is 6.54 Å². The number of carboxylic acid groups (broad SMARTS) is 1. The highest BCUT2D eigenvalue weighted by atomic mass is 16.4. The van der Waals surface area contributed by atoms with Crippen LogP contribution in [0.5, 0.6) is 0 Å². The SMILES string of the molecule is C[C@@H]1CC[C@H](NC(=O)C2(NC(=O)O)CCCCC2)[C@@H](O)CN1. The monoisotopic (exact) mass is 313 g/mol.